The Kier molecular flexibility index (Phi) is 13.1. The van der Waals surface area contributed by atoms with Crippen LogP contribution in [0.4, 0.5) is 0 Å². The van der Waals surface area contributed by atoms with E-state index < -0.39 is 0 Å². The Hall–Kier alpha value is -3.21. The smallest absolute Gasteiger partial charge is 0.254 e. The lowest BCUT2D eigenvalue weighted by atomic mass is 9.98. The van der Waals surface area contributed by atoms with Crippen molar-refractivity contribution < 1.29 is 4.79 Å². The predicted octanol–water partition coefficient (Wildman–Crippen LogP) is 8.20. The number of amides is 1. The zero-order valence-corrected chi connectivity index (χ0v) is 25.4. The zero-order chi connectivity index (χ0) is 28.9. The first kappa shape index (κ1) is 32.0. The van der Waals surface area contributed by atoms with E-state index in [9.17, 15) is 9.59 Å². The van der Waals surface area contributed by atoms with Crippen LogP contribution in [0, 0.1) is 33.6 Å². The molecule has 5 heteroatoms. The van der Waals surface area contributed by atoms with Crippen molar-refractivity contribution in [2.45, 2.75) is 100.0 Å². The number of nitrogens with zero attached hydrogens (tertiary/aromatic N) is 2. The normalized spacial score (nSPS) is 15.0. The molecule has 0 spiro atoms. The third-order valence-electron chi connectivity index (χ3n) is 7.08. The van der Waals surface area contributed by atoms with Crippen LogP contribution in [0.2, 0.25) is 0 Å². The Bertz CT molecular complexity index is 1220. The number of aromatic amines is 1. The summed E-state index contributed by atoms with van der Waals surface area (Å²) in [6.45, 7) is 17.4. The van der Waals surface area contributed by atoms with Crippen LogP contribution in [0.5, 0.6) is 0 Å². The van der Waals surface area contributed by atoms with Crippen molar-refractivity contribution in [3.63, 3.8) is 0 Å². The lowest BCUT2D eigenvalue weighted by Crippen LogP contribution is -2.40. The van der Waals surface area contributed by atoms with Crippen LogP contribution in [-0.4, -0.2) is 33.4 Å². The second-order valence-corrected chi connectivity index (χ2v) is 10.8. The fourth-order valence-corrected chi connectivity index (χ4v) is 5.14. The van der Waals surface area contributed by atoms with Gasteiger partial charge in [0.05, 0.1) is 5.69 Å². The predicted molar refractivity (Wildman–Crippen MR) is 164 cm³/mol. The minimum Gasteiger partial charge on any atom is -0.336 e. The lowest BCUT2D eigenvalue weighted by molar-refractivity contribution is 0.0668. The van der Waals surface area contributed by atoms with Gasteiger partial charge >= 0.3 is 0 Å². The number of carbonyl (C=O) groups excluding carboxylic acids is 1. The van der Waals surface area contributed by atoms with Crippen molar-refractivity contribution in [3.8, 4) is 11.3 Å². The lowest BCUT2D eigenvalue weighted by Gasteiger charge is -2.31. The van der Waals surface area contributed by atoms with Gasteiger partial charge in [-0.2, -0.15) is 0 Å². The number of nitrogens with one attached hydrogen (secondary N) is 1. The minimum atomic E-state index is -0.106. The van der Waals surface area contributed by atoms with E-state index in [1.165, 1.54) is 25.7 Å². The van der Waals surface area contributed by atoms with Crippen molar-refractivity contribution in [2.24, 2.45) is 5.92 Å². The topological polar surface area (TPSA) is 66.1 Å². The molecule has 5 nitrogen and oxygen atoms in total. The highest BCUT2D eigenvalue weighted by Crippen LogP contribution is 2.25. The van der Waals surface area contributed by atoms with Crippen molar-refractivity contribution in [2.75, 3.05) is 6.54 Å². The third kappa shape index (κ3) is 9.80. The van der Waals surface area contributed by atoms with E-state index in [-0.39, 0.29) is 11.5 Å². The van der Waals surface area contributed by atoms with Crippen LogP contribution < -0.4 is 5.56 Å². The molecule has 0 bridgehead atoms. The highest BCUT2D eigenvalue weighted by Gasteiger charge is 2.26. The summed E-state index contributed by atoms with van der Waals surface area (Å²) in [5, 5.41) is 0. The summed E-state index contributed by atoms with van der Waals surface area (Å²) >= 11 is 0. The van der Waals surface area contributed by atoms with Gasteiger partial charge in [0.1, 0.15) is 5.82 Å². The standard InChI is InChI=1S/C19H29NO.C13H14N2O.C2H6/c1-15(2)11-12-18-10-5-4-6-13-20(18)19(21)17-9-7-8-16(3)14-17;1-8-5-4-6-9(2)13(8)11-7-12(16)15-10(3)14-11;1-2/h7-9,14-15,18H,4-6,10-13H2,1-3H3;4-7H,1-3H3,(H,14,15,16);1-2H3. The highest BCUT2D eigenvalue weighted by atomic mass is 16.2. The fraction of sp³-hybridized carbons (Fsp3) is 0.500. The van der Waals surface area contributed by atoms with E-state index in [0.717, 1.165) is 52.9 Å². The first-order valence-corrected chi connectivity index (χ1v) is 14.7. The van der Waals surface area contributed by atoms with Gasteiger partial charge in [-0.05, 0) is 82.6 Å². The maximum Gasteiger partial charge on any atom is 0.254 e. The molecule has 4 rings (SSSR count). The number of carbonyl (C=O) groups is 1. The first-order chi connectivity index (χ1) is 18.7. The Labute approximate surface area is 236 Å². The van der Waals surface area contributed by atoms with Gasteiger partial charge in [0.2, 0.25) is 0 Å². The maximum absolute atomic E-state index is 12.9. The Morgan fingerprint density at radius 1 is 0.974 bits per heavy atom. The molecule has 3 aromatic rings. The molecule has 2 aromatic carbocycles. The average molecular weight is 532 g/mol. The average Bonchev–Trinajstić information content (AvgIpc) is 3.13. The van der Waals surface area contributed by atoms with Crippen LogP contribution in [0.15, 0.2) is 53.3 Å². The number of hydrogen-bond donors (Lipinski definition) is 1. The molecule has 1 aromatic heterocycles. The Balaban J connectivity index is 0.000000265. The number of aromatic nitrogens is 2. The molecule has 1 N–H and O–H groups in total. The molecule has 0 radical (unpaired) electrons. The monoisotopic (exact) mass is 531 g/mol. The summed E-state index contributed by atoms with van der Waals surface area (Å²) in [7, 11) is 0. The van der Waals surface area contributed by atoms with Gasteiger partial charge in [-0.1, -0.05) is 76.4 Å². The van der Waals surface area contributed by atoms with Crippen molar-refractivity contribution in [1.29, 1.82) is 0 Å². The van der Waals surface area contributed by atoms with E-state index in [1.54, 1.807) is 13.0 Å². The quantitative estimate of drug-likeness (QED) is 0.361. The maximum atomic E-state index is 12.9. The van der Waals surface area contributed by atoms with E-state index in [0.29, 0.717) is 17.8 Å². The molecule has 212 valence electrons. The van der Waals surface area contributed by atoms with E-state index in [1.807, 2.05) is 64.1 Å². The fourth-order valence-electron chi connectivity index (χ4n) is 5.14. The third-order valence-corrected chi connectivity index (χ3v) is 7.08. The number of hydrogen-bond acceptors (Lipinski definition) is 3. The minimum absolute atomic E-state index is 0.106. The Morgan fingerprint density at radius 2 is 1.64 bits per heavy atom. The van der Waals surface area contributed by atoms with Gasteiger partial charge < -0.3 is 9.88 Å². The van der Waals surface area contributed by atoms with Gasteiger partial charge in [0.25, 0.3) is 11.5 Å². The molecular weight excluding hydrogens is 482 g/mol. The number of benzene rings is 2. The molecular formula is C34H49N3O2. The first-order valence-electron chi connectivity index (χ1n) is 14.7. The molecule has 1 aliphatic heterocycles. The van der Waals surface area contributed by atoms with Crippen LogP contribution in [0.25, 0.3) is 11.3 Å². The molecule has 0 saturated carbocycles. The van der Waals surface area contributed by atoms with Crippen LogP contribution in [0.1, 0.15) is 99.1 Å². The SMILES string of the molecule is CC.Cc1cccc(C(=O)N2CCCCCC2CCC(C)C)c1.Cc1nc(-c2c(C)cccc2C)cc(=O)[nH]1. The summed E-state index contributed by atoms with van der Waals surface area (Å²) in [4.78, 5) is 33.5. The summed E-state index contributed by atoms with van der Waals surface area (Å²) in [5.74, 6) is 1.59. The number of rotatable bonds is 5. The Morgan fingerprint density at radius 3 is 2.26 bits per heavy atom. The largest absolute Gasteiger partial charge is 0.336 e. The highest BCUT2D eigenvalue weighted by molar-refractivity contribution is 5.94. The van der Waals surface area contributed by atoms with Crippen LogP contribution >= 0.6 is 0 Å². The molecule has 1 atom stereocenters. The van der Waals surface area contributed by atoms with Gasteiger partial charge in [-0.25, -0.2) is 4.98 Å². The van der Waals surface area contributed by atoms with Crippen LogP contribution in [-0.2, 0) is 0 Å². The van der Waals surface area contributed by atoms with E-state index >= 15 is 0 Å². The molecule has 1 fully saturated rings. The molecule has 1 saturated heterocycles. The molecule has 1 amide bonds. The van der Waals surface area contributed by atoms with Gasteiger partial charge in [-0.3, -0.25) is 9.59 Å². The van der Waals surface area contributed by atoms with Crippen molar-refractivity contribution in [1.82, 2.24) is 14.9 Å². The van der Waals surface area contributed by atoms with Crippen LogP contribution in [0.3, 0.4) is 0 Å². The summed E-state index contributed by atoms with van der Waals surface area (Å²) in [6, 6.07) is 16.1. The van der Waals surface area contributed by atoms with E-state index in [2.05, 4.69) is 41.7 Å². The second-order valence-electron chi connectivity index (χ2n) is 10.8. The second kappa shape index (κ2) is 16.0. The summed E-state index contributed by atoms with van der Waals surface area (Å²) < 4.78 is 0. The molecule has 1 aliphatic rings. The van der Waals surface area contributed by atoms with Gasteiger partial charge in [0.15, 0.2) is 0 Å². The van der Waals surface area contributed by atoms with Crippen molar-refractivity contribution >= 4 is 5.91 Å². The summed E-state index contributed by atoms with van der Waals surface area (Å²) in [5.41, 5.74) is 5.98. The number of aryl methyl sites for hydroxylation is 4. The molecule has 39 heavy (non-hydrogen) atoms. The molecule has 0 aliphatic carbocycles. The van der Waals surface area contributed by atoms with Gasteiger partial charge in [-0.15, -0.1) is 0 Å². The van der Waals surface area contributed by atoms with Gasteiger partial charge in [0, 0.05) is 29.8 Å². The number of likely N-dealkylation sites (tertiary alicyclic amines) is 1. The molecule has 2 heterocycles. The summed E-state index contributed by atoms with van der Waals surface area (Å²) in [6.07, 6.45) is 7.20. The zero-order valence-electron chi connectivity index (χ0n) is 25.4. The number of H-pyrrole nitrogens is 1. The van der Waals surface area contributed by atoms with Crippen molar-refractivity contribution in [3.05, 3.63) is 87.0 Å². The molecule has 1 unspecified atom stereocenters. The van der Waals surface area contributed by atoms with E-state index in [4.69, 9.17) is 0 Å².